The van der Waals surface area contributed by atoms with Crippen LogP contribution >= 0.6 is 0 Å². The molecule has 0 aliphatic carbocycles. The summed E-state index contributed by atoms with van der Waals surface area (Å²) in [6.45, 7) is 12.8. The van der Waals surface area contributed by atoms with E-state index in [4.69, 9.17) is 26.5 Å². The van der Waals surface area contributed by atoms with Crippen LogP contribution in [0.1, 0.15) is 41.5 Å². The molecule has 0 aromatic carbocycles. The second kappa shape index (κ2) is 6.06. The maximum absolute atomic E-state index is 8.56. The lowest BCUT2D eigenvalue weighted by Gasteiger charge is -2.39. The van der Waals surface area contributed by atoms with E-state index in [1.165, 1.54) is 0 Å². The van der Waals surface area contributed by atoms with E-state index in [1.807, 2.05) is 0 Å². The second-order valence-electron chi connectivity index (χ2n) is 6.07. The normalized spacial score (nSPS) is 15.8. The number of nitrogens with two attached hydrogens (primary N) is 2. The van der Waals surface area contributed by atoms with Crippen LogP contribution in [0.25, 0.3) is 0 Å². The van der Waals surface area contributed by atoms with Crippen LogP contribution in [-0.4, -0.2) is 28.5 Å². The van der Waals surface area contributed by atoms with Crippen molar-refractivity contribution in [2.45, 2.75) is 53.6 Å². The van der Waals surface area contributed by atoms with Crippen molar-refractivity contribution < 1.29 is 15.0 Å². The fraction of sp³-hybridized carbons (Fsp3) is 0.909. The van der Waals surface area contributed by atoms with Gasteiger partial charge in [-0.15, -0.1) is 0 Å². The summed E-state index contributed by atoms with van der Waals surface area (Å²) in [5, 5.41) is 13.9. The van der Waals surface area contributed by atoms with Crippen LogP contribution in [0.15, 0.2) is 0 Å². The molecule has 0 bridgehead atoms. The smallest absolute Gasteiger partial charge is 0.450 e. The van der Waals surface area contributed by atoms with E-state index in [9.17, 15) is 0 Å². The molecule has 0 rings (SSSR count). The van der Waals surface area contributed by atoms with E-state index in [-0.39, 0.29) is 22.9 Å². The monoisotopic (exact) mass is 234 g/mol. The Morgan fingerprint density at radius 2 is 1.00 bits per heavy atom. The molecule has 0 heterocycles. The standard InChI is InChI=1S/C10H24N2.CH2O3/c1-9(2,3)7(11)8(12)10(4,5)6;2-1(3)4/h7-8H,11-12H2,1-6H3;(H2,2,3,4). The van der Waals surface area contributed by atoms with E-state index in [0.29, 0.717) is 0 Å². The summed E-state index contributed by atoms with van der Waals surface area (Å²) in [7, 11) is 0. The maximum atomic E-state index is 8.56. The first-order chi connectivity index (χ1) is 6.80. The third kappa shape index (κ3) is 8.49. The molecule has 0 aromatic heterocycles. The molecule has 16 heavy (non-hydrogen) atoms. The van der Waals surface area contributed by atoms with Crippen LogP contribution < -0.4 is 11.5 Å². The van der Waals surface area contributed by atoms with Crippen LogP contribution in [0, 0.1) is 10.8 Å². The fourth-order valence-electron chi connectivity index (χ4n) is 1.08. The van der Waals surface area contributed by atoms with Gasteiger partial charge in [-0.05, 0) is 10.8 Å². The van der Waals surface area contributed by atoms with E-state index >= 15 is 0 Å². The maximum Gasteiger partial charge on any atom is 0.503 e. The van der Waals surface area contributed by atoms with Crippen LogP contribution in [0.3, 0.4) is 0 Å². The zero-order valence-electron chi connectivity index (χ0n) is 11.1. The van der Waals surface area contributed by atoms with Gasteiger partial charge in [0, 0.05) is 12.1 Å². The Kier molecular flexibility index (Phi) is 6.65. The van der Waals surface area contributed by atoms with Crippen molar-refractivity contribution in [3.63, 3.8) is 0 Å². The minimum absolute atomic E-state index is 0.0532. The first-order valence-electron chi connectivity index (χ1n) is 5.23. The molecule has 2 unspecified atom stereocenters. The predicted octanol–water partition coefficient (Wildman–Crippen LogP) is 1.96. The van der Waals surface area contributed by atoms with Crippen molar-refractivity contribution >= 4 is 6.16 Å². The topological polar surface area (TPSA) is 110 Å². The summed E-state index contributed by atoms with van der Waals surface area (Å²) < 4.78 is 0. The SMILES string of the molecule is CC(C)(C)C(N)C(N)C(C)(C)C.O=C(O)O. The van der Waals surface area contributed by atoms with E-state index in [1.54, 1.807) is 0 Å². The van der Waals surface area contributed by atoms with Gasteiger partial charge in [-0.1, -0.05) is 41.5 Å². The van der Waals surface area contributed by atoms with Gasteiger partial charge in [-0.25, -0.2) is 4.79 Å². The molecule has 2 atom stereocenters. The first kappa shape index (κ1) is 17.6. The number of hydrogen-bond acceptors (Lipinski definition) is 3. The molecule has 6 N–H and O–H groups in total. The summed E-state index contributed by atoms with van der Waals surface area (Å²) in [4.78, 5) is 8.56. The van der Waals surface area contributed by atoms with Gasteiger partial charge in [-0.2, -0.15) is 0 Å². The molecule has 0 aliphatic rings. The van der Waals surface area contributed by atoms with Gasteiger partial charge >= 0.3 is 6.16 Å². The van der Waals surface area contributed by atoms with E-state index in [0.717, 1.165) is 0 Å². The zero-order chi connectivity index (χ0) is 13.7. The van der Waals surface area contributed by atoms with Crippen molar-refractivity contribution in [3.8, 4) is 0 Å². The fourth-order valence-corrected chi connectivity index (χ4v) is 1.08. The van der Waals surface area contributed by atoms with Gasteiger partial charge in [0.1, 0.15) is 0 Å². The van der Waals surface area contributed by atoms with Crippen molar-refractivity contribution in [2.24, 2.45) is 22.3 Å². The predicted molar refractivity (Wildman–Crippen MR) is 65.5 cm³/mol. The van der Waals surface area contributed by atoms with Gasteiger partial charge in [0.25, 0.3) is 0 Å². The summed E-state index contributed by atoms with van der Waals surface area (Å²) >= 11 is 0. The molecule has 0 aliphatic heterocycles. The highest BCUT2D eigenvalue weighted by atomic mass is 16.6. The lowest BCUT2D eigenvalue weighted by atomic mass is 9.74. The Bertz CT molecular complexity index is 194. The van der Waals surface area contributed by atoms with Crippen molar-refractivity contribution in [1.82, 2.24) is 0 Å². The second-order valence-corrected chi connectivity index (χ2v) is 6.07. The molecule has 0 amide bonds. The molecule has 0 saturated carbocycles. The van der Waals surface area contributed by atoms with Gasteiger partial charge in [0.05, 0.1) is 0 Å². The van der Waals surface area contributed by atoms with Gasteiger partial charge in [-0.3, -0.25) is 0 Å². The minimum atomic E-state index is -1.83. The molecule has 0 saturated heterocycles. The van der Waals surface area contributed by atoms with Crippen LogP contribution in [0.5, 0.6) is 0 Å². The van der Waals surface area contributed by atoms with Crippen molar-refractivity contribution in [1.29, 1.82) is 0 Å². The number of carbonyl (C=O) groups is 1. The third-order valence-electron chi connectivity index (χ3n) is 2.39. The van der Waals surface area contributed by atoms with Gasteiger partial charge < -0.3 is 21.7 Å². The quantitative estimate of drug-likeness (QED) is 0.554. The minimum Gasteiger partial charge on any atom is -0.450 e. The number of hydrogen-bond donors (Lipinski definition) is 4. The molecular formula is C11H26N2O3. The van der Waals surface area contributed by atoms with Crippen molar-refractivity contribution in [3.05, 3.63) is 0 Å². The Labute approximate surface area is 97.8 Å². The molecule has 0 radical (unpaired) electrons. The van der Waals surface area contributed by atoms with Gasteiger partial charge in [0.15, 0.2) is 0 Å². The third-order valence-corrected chi connectivity index (χ3v) is 2.39. The number of rotatable bonds is 1. The average Bonchev–Trinajstić information content (AvgIpc) is 1.97. The molecule has 5 heteroatoms. The lowest BCUT2D eigenvalue weighted by molar-refractivity contribution is 0.137. The summed E-state index contributed by atoms with van der Waals surface area (Å²) in [5.41, 5.74) is 12.3. The zero-order valence-corrected chi connectivity index (χ0v) is 11.1. The molecule has 0 fully saturated rings. The highest BCUT2D eigenvalue weighted by Crippen LogP contribution is 2.27. The summed E-state index contributed by atoms with van der Waals surface area (Å²) in [6.07, 6.45) is -1.83. The van der Waals surface area contributed by atoms with Crippen LogP contribution in [0.4, 0.5) is 4.79 Å². The molecule has 5 nitrogen and oxygen atoms in total. The highest BCUT2D eigenvalue weighted by Gasteiger charge is 2.33. The molecular weight excluding hydrogens is 208 g/mol. The van der Waals surface area contributed by atoms with E-state index < -0.39 is 6.16 Å². The molecule has 0 aromatic rings. The molecule has 0 spiro atoms. The Balaban J connectivity index is 0. The highest BCUT2D eigenvalue weighted by molar-refractivity contribution is 5.53. The van der Waals surface area contributed by atoms with Crippen LogP contribution in [-0.2, 0) is 0 Å². The van der Waals surface area contributed by atoms with E-state index in [2.05, 4.69) is 41.5 Å². The van der Waals surface area contributed by atoms with Crippen molar-refractivity contribution in [2.75, 3.05) is 0 Å². The van der Waals surface area contributed by atoms with Gasteiger partial charge in [0.2, 0.25) is 0 Å². The summed E-state index contributed by atoms with van der Waals surface area (Å²) in [5.74, 6) is 0. The Morgan fingerprint density at radius 3 is 1.06 bits per heavy atom. The first-order valence-corrected chi connectivity index (χ1v) is 5.23. The Hall–Kier alpha value is -0.810. The summed E-state index contributed by atoms with van der Waals surface area (Å²) in [6, 6.07) is 0.106. The Morgan fingerprint density at radius 1 is 0.875 bits per heavy atom. The lowest BCUT2D eigenvalue weighted by Crippen LogP contribution is -2.55. The largest absolute Gasteiger partial charge is 0.503 e. The number of carboxylic acid groups (broad SMARTS) is 2. The average molecular weight is 234 g/mol. The van der Waals surface area contributed by atoms with Crippen LogP contribution in [0.2, 0.25) is 0 Å². The molecule has 98 valence electrons.